The molecular weight excluding hydrogens is 478 g/mol. The number of hydrogen-bond acceptors (Lipinski definition) is 4. The molecule has 3 N–H and O–H groups in total. The van der Waals surface area contributed by atoms with Crippen LogP contribution in [0.4, 0.5) is 17.1 Å². The summed E-state index contributed by atoms with van der Waals surface area (Å²) in [6.07, 6.45) is 0. The molecule has 0 fully saturated rings. The molecule has 0 spiro atoms. The molecule has 0 saturated carbocycles. The fourth-order valence-corrected chi connectivity index (χ4v) is 4.19. The molecule has 6 nitrogen and oxygen atoms in total. The zero-order valence-corrected chi connectivity index (χ0v) is 19.0. The quantitative estimate of drug-likeness (QED) is 0.411. The lowest BCUT2D eigenvalue weighted by Crippen LogP contribution is -2.14. The van der Waals surface area contributed by atoms with Gasteiger partial charge < -0.3 is 10.6 Å². The van der Waals surface area contributed by atoms with Gasteiger partial charge in [-0.15, -0.1) is 0 Å². The second kappa shape index (κ2) is 8.56. The van der Waals surface area contributed by atoms with Crippen molar-refractivity contribution in [2.45, 2.75) is 6.92 Å². The van der Waals surface area contributed by atoms with Crippen LogP contribution in [0.3, 0.4) is 0 Å². The smallest absolute Gasteiger partial charge is 0.258 e. The zero-order chi connectivity index (χ0) is 22.0. The maximum absolute atomic E-state index is 13.0. The number of carbonyl (C=O) groups excluding carboxylic acids is 1. The Bertz CT molecular complexity index is 1270. The fraction of sp³-hybridized carbons (Fsp3) is 0.0870. The Morgan fingerprint density at radius 1 is 0.968 bits per heavy atom. The molecule has 3 aromatic carbocycles. The first kappa shape index (κ1) is 21.1. The Kier molecular flexibility index (Phi) is 5.84. The van der Waals surface area contributed by atoms with Crippen molar-refractivity contribution >= 4 is 60.2 Å². The molecule has 4 rings (SSSR count). The Morgan fingerprint density at radius 3 is 2.32 bits per heavy atom. The lowest BCUT2D eigenvalue weighted by Gasteiger charge is -2.15. The molecule has 8 heteroatoms. The van der Waals surface area contributed by atoms with Crippen LogP contribution in [-0.4, -0.2) is 20.1 Å². The summed E-state index contributed by atoms with van der Waals surface area (Å²) < 4.78 is 27.5. The standard InChI is InChI=1S/C23H20BrN3O3S/c1-2-31(29,30)27-18-12-13-20-19(14-18)21(23(28)26-20)22(15-6-4-3-5-7-15)25-17-10-8-16(24)9-11-17/h3-14,25,27H,2H2,1H3,(H,26,28)/b22-21-. The van der Waals surface area contributed by atoms with Crippen LogP contribution >= 0.6 is 15.9 Å². The number of hydrogen-bond donors (Lipinski definition) is 3. The molecule has 0 unspecified atom stereocenters. The number of rotatable bonds is 6. The van der Waals surface area contributed by atoms with E-state index in [0.717, 1.165) is 15.7 Å². The number of nitrogens with one attached hydrogen (secondary N) is 3. The number of halogens is 1. The van der Waals surface area contributed by atoms with E-state index >= 15 is 0 Å². The highest BCUT2D eigenvalue weighted by atomic mass is 79.9. The summed E-state index contributed by atoms with van der Waals surface area (Å²) in [5.41, 5.74) is 4.40. The first-order valence-corrected chi connectivity index (χ1v) is 12.1. The third-order valence-corrected chi connectivity index (χ3v) is 6.68. The van der Waals surface area contributed by atoms with Crippen LogP contribution in [0.25, 0.3) is 11.3 Å². The van der Waals surface area contributed by atoms with E-state index in [9.17, 15) is 13.2 Å². The van der Waals surface area contributed by atoms with E-state index in [2.05, 4.69) is 31.3 Å². The largest absolute Gasteiger partial charge is 0.354 e. The number of anilines is 3. The number of sulfonamides is 1. The van der Waals surface area contributed by atoms with Crippen molar-refractivity contribution in [3.05, 3.63) is 88.4 Å². The molecule has 158 valence electrons. The first-order valence-electron chi connectivity index (χ1n) is 9.65. The van der Waals surface area contributed by atoms with Crippen LogP contribution in [0, 0.1) is 0 Å². The van der Waals surface area contributed by atoms with Gasteiger partial charge >= 0.3 is 0 Å². The van der Waals surface area contributed by atoms with Crippen molar-refractivity contribution in [2.24, 2.45) is 0 Å². The molecule has 1 heterocycles. The van der Waals surface area contributed by atoms with E-state index in [1.165, 1.54) is 0 Å². The third-order valence-electron chi connectivity index (χ3n) is 4.84. The minimum atomic E-state index is -3.44. The first-order chi connectivity index (χ1) is 14.9. The van der Waals surface area contributed by atoms with E-state index < -0.39 is 10.0 Å². The predicted octanol–water partition coefficient (Wildman–Crippen LogP) is 5.14. The van der Waals surface area contributed by atoms with Crippen molar-refractivity contribution in [1.82, 2.24) is 0 Å². The number of carbonyl (C=O) groups is 1. The van der Waals surface area contributed by atoms with Crippen molar-refractivity contribution in [1.29, 1.82) is 0 Å². The summed E-state index contributed by atoms with van der Waals surface area (Å²) in [6, 6.07) is 22.2. The highest BCUT2D eigenvalue weighted by Crippen LogP contribution is 2.39. The molecule has 0 radical (unpaired) electrons. The molecule has 1 aliphatic heterocycles. The Hall–Kier alpha value is -3.10. The van der Waals surface area contributed by atoms with Gasteiger partial charge in [-0.25, -0.2) is 8.42 Å². The summed E-state index contributed by atoms with van der Waals surface area (Å²) in [6.45, 7) is 1.57. The highest BCUT2D eigenvalue weighted by molar-refractivity contribution is 9.10. The molecule has 1 aliphatic rings. The summed E-state index contributed by atoms with van der Waals surface area (Å²) in [7, 11) is -3.44. The molecule has 1 amide bonds. The lowest BCUT2D eigenvalue weighted by atomic mass is 9.99. The van der Waals surface area contributed by atoms with Gasteiger partial charge in [-0.3, -0.25) is 9.52 Å². The molecule has 0 aliphatic carbocycles. The maximum Gasteiger partial charge on any atom is 0.258 e. The van der Waals surface area contributed by atoms with Crippen molar-refractivity contribution < 1.29 is 13.2 Å². The van der Waals surface area contributed by atoms with E-state index in [0.29, 0.717) is 28.2 Å². The fourth-order valence-electron chi connectivity index (χ4n) is 3.29. The van der Waals surface area contributed by atoms with E-state index in [4.69, 9.17) is 0 Å². The Labute approximate surface area is 189 Å². The number of benzene rings is 3. The van der Waals surface area contributed by atoms with Gasteiger partial charge in [-0.05, 0) is 55.0 Å². The van der Waals surface area contributed by atoms with Crippen molar-refractivity contribution in [3.8, 4) is 0 Å². The summed E-state index contributed by atoms with van der Waals surface area (Å²) in [5, 5.41) is 6.25. The Balaban J connectivity index is 1.86. The summed E-state index contributed by atoms with van der Waals surface area (Å²) in [5.74, 6) is -0.293. The average molecular weight is 498 g/mol. The maximum atomic E-state index is 13.0. The van der Waals surface area contributed by atoms with Gasteiger partial charge in [0.05, 0.1) is 17.0 Å². The van der Waals surface area contributed by atoms with Crippen LogP contribution in [0.15, 0.2) is 77.3 Å². The highest BCUT2D eigenvalue weighted by Gasteiger charge is 2.29. The van der Waals surface area contributed by atoms with Crippen LogP contribution in [-0.2, 0) is 14.8 Å². The lowest BCUT2D eigenvalue weighted by molar-refractivity contribution is -0.110. The number of fused-ring (bicyclic) bond motifs is 1. The molecule has 0 atom stereocenters. The van der Waals surface area contributed by atoms with Gasteiger partial charge in [0.1, 0.15) is 0 Å². The summed E-state index contributed by atoms with van der Waals surface area (Å²) in [4.78, 5) is 13.0. The molecule has 0 saturated heterocycles. The normalized spacial score (nSPS) is 14.6. The predicted molar refractivity (Wildman–Crippen MR) is 129 cm³/mol. The number of amides is 1. The van der Waals surface area contributed by atoms with Gasteiger partial charge in [0.2, 0.25) is 10.0 Å². The van der Waals surface area contributed by atoms with Gasteiger partial charge in [0.25, 0.3) is 5.91 Å². The second-order valence-corrected chi connectivity index (χ2v) is 9.89. The van der Waals surface area contributed by atoms with E-state index in [-0.39, 0.29) is 11.7 Å². The van der Waals surface area contributed by atoms with Crippen LogP contribution in [0.1, 0.15) is 18.1 Å². The second-order valence-electron chi connectivity index (χ2n) is 6.97. The van der Waals surface area contributed by atoms with Crippen LogP contribution < -0.4 is 15.4 Å². The molecule has 0 aromatic heterocycles. The monoisotopic (exact) mass is 497 g/mol. The molecule has 3 aromatic rings. The summed E-state index contributed by atoms with van der Waals surface area (Å²) >= 11 is 3.43. The van der Waals surface area contributed by atoms with Gasteiger partial charge in [0, 0.05) is 27.1 Å². The molecule has 31 heavy (non-hydrogen) atoms. The minimum absolute atomic E-state index is 0.0374. The zero-order valence-electron chi connectivity index (χ0n) is 16.6. The molecule has 0 bridgehead atoms. The van der Waals surface area contributed by atoms with Crippen molar-refractivity contribution in [3.63, 3.8) is 0 Å². The topological polar surface area (TPSA) is 87.3 Å². The van der Waals surface area contributed by atoms with Crippen molar-refractivity contribution in [2.75, 3.05) is 21.1 Å². The van der Waals surface area contributed by atoms with E-state index in [1.54, 1.807) is 25.1 Å². The average Bonchev–Trinajstić information content (AvgIpc) is 3.08. The SMILES string of the molecule is CCS(=O)(=O)Nc1ccc2c(c1)/C(=C(/Nc1ccc(Br)cc1)c1ccccc1)C(=O)N2. The van der Waals surface area contributed by atoms with Gasteiger partial charge in [0.15, 0.2) is 0 Å². The molecular formula is C23H20BrN3O3S. The van der Waals surface area contributed by atoms with Crippen LogP contribution in [0.5, 0.6) is 0 Å². The van der Waals surface area contributed by atoms with Gasteiger partial charge in [-0.2, -0.15) is 0 Å². The van der Waals surface area contributed by atoms with Crippen LogP contribution in [0.2, 0.25) is 0 Å². The van der Waals surface area contributed by atoms with E-state index in [1.807, 2.05) is 54.6 Å². The third kappa shape index (κ3) is 4.65. The minimum Gasteiger partial charge on any atom is -0.354 e. The van der Waals surface area contributed by atoms with Gasteiger partial charge in [-0.1, -0.05) is 46.3 Å². The Morgan fingerprint density at radius 2 is 1.65 bits per heavy atom.